The maximum absolute atomic E-state index is 14.0. The molecule has 0 fully saturated rings. The lowest BCUT2D eigenvalue weighted by Gasteiger charge is -2.17. The van der Waals surface area contributed by atoms with Gasteiger partial charge >= 0.3 is 5.97 Å². The normalized spacial score (nSPS) is 12.1. The minimum absolute atomic E-state index is 0.0920. The number of amides is 1. The number of carbonyl (C=O) groups is 2. The van der Waals surface area contributed by atoms with Crippen LogP contribution in [0, 0.1) is 11.6 Å². The first-order valence-electron chi connectivity index (χ1n) is 7.38. The Morgan fingerprint density at radius 1 is 1.26 bits per heavy atom. The zero-order valence-electron chi connectivity index (χ0n) is 13.6. The van der Waals surface area contributed by atoms with Crippen LogP contribution >= 0.6 is 11.8 Å². The SMILES string of the molecule is CCCC(Sc1cc(NC(C)=O)c(F)cc1F)C(=O)OC(C)C. The quantitative estimate of drug-likeness (QED) is 0.596. The second kappa shape index (κ2) is 8.86. The molecule has 128 valence electrons. The molecule has 0 aromatic heterocycles. The topological polar surface area (TPSA) is 55.4 Å². The van der Waals surface area contributed by atoms with Gasteiger partial charge in [0.25, 0.3) is 0 Å². The van der Waals surface area contributed by atoms with Gasteiger partial charge < -0.3 is 10.1 Å². The number of esters is 1. The highest BCUT2D eigenvalue weighted by molar-refractivity contribution is 8.00. The Kier molecular flexibility index (Phi) is 7.48. The second-order valence-electron chi connectivity index (χ2n) is 5.32. The molecule has 0 aliphatic carbocycles. The van der Waals surface area contributed by atoms with Crippen molar-refractivity contribution in [2.45, 2.75) is 56.8 Å². The molecule has 0 heterocycles. The molecule has 0 saturated heterocycles. The van der Waals surface area contributed by atoms with E-state index in [4.69, 9.17) is 4.74 Å². The van der Waals surface area contributed by atoms with Crippen LogP contribution in [0.5, 0.6) is 0 Å². The van der Waals surface area contributed by atoms with E-state index in [9.17, 15) is 18.4 Å². The number of hydrogen-bond donors (Lipinski definition) is 1. The van der Waals surface area contributed by atoms with Crippen LogP contribution in [0.4, 0.5) is 14.5 Å². The van der Waals surface area contributed by atoms with Gasteiger partial charge in [0, 0.05) is 17.9 Å². The molecule has 23 heavy (non-hydrogen) atoms. The van der Waals surface area contributed by atoms with Gasteiger partial charge in [-0.3, -0.25) is 9.59 Å². The molecule has 1 rings (SSSR count). The lowest BCUT2D eigenvalue weighted by atomic mass is 10.2. The molecule has 0 saturated carbocycles. The molecule has 1 aromatic rings. The summed E-state index contributed by atoms with van der Waals surface area (Å²) >= 11 is 0.972. The Bertz CT molecular complexity index is 579. The maximum atomic E-state index is 14.0. The molecular formula is C16H21F2NO3S. The molecule has 7 heteroatoms. The van der Waals surface area contributed by atoms with Gasteiger partial charge in [0.15, 0.2) is 0 Å². The van der Waals surface area contributed by atoms with Crippen LogP contribution in [-0.4, -0.2) is 23.2 Å². The molecule has 0 aliphatic rings. The maximum Gasteiger partial charge on any atom is 0.319 e. The van der Waals surface area contributed by atoms with Crippen LogP contribution < -0.4 is 5.32 Å². The first kappa shape index (κ1) is 19.4. The Labute approximate surface area is 139 Å². The van der Waals surface area contributed by atoms with E-state index >= 15 is 0 Å². The van der Waals surface area contributed by atoms with Gasteiger partial charge in [0.05, 0.1) is 11.8 Å². The number of benzene rings is 1. The van der Waals surface area contributed by atoms with Crippen molar-refractivity contribution in [2.75, 3.05) is 5.32 Å². The van der Waals surface area contributed by atoms with Crippen molar-refractivity contribution >= 4 is 29.3 Å². The summed E-state index contributed by atoms with van der Waals surface area (Å²) in [5.41, 5.74) is -0.117. The summed E-state index contributed by atoms with van der Waals surface area (Å²) in [6, 6.07) is 1.90. The van der Waals surface area contributed by atoms with Crippen LogP contribution in [0.2, 0.25) is 0 Å². The lowest BCUT2D eigenvalue weighted by molar-refractivity contribution is -0.146. The summed E-state index contributed by atoms with van der Waals surface area (Å²) in [5.74, 6) is -2.54. The van der Waals surface area contributed by atoms with Gasteiger partial charge in [0.2, 0.25) is 5.91 Å². The standard InChI is InChI=1S/C16H21F2NO3S/c1-5-6-14(16(21)22-9(2)3)23-15-8-13(19-10(4)20)11(17)7-12(15)18/h7-9,14H,5-6H2,1-4H3,(H,19,20). The number of hydrogen-bond acceptors (Lipinski definition) is 4. The van der Waals surface area contributed by atoms with Crippen LogP contribution in [0.1, 0.15) is 40.5 Å². The molecular weight excluding hydrogens is 324 g/mol. The zero-order chi connectivity index (χ0) is 17.6. The molecule has 1 aromatic carbocycles. The van der Waals surface area contributed by atoms with E-state index in [-0.39, 0.29) is 16.7 Å². The third-order valence-electron chi connectivity index (χ3n) is 2.77. The van der Waals surface area contributed by atoms with Gasteiger partial charge in [0.1, 0.15) is 16.9 Å². The summed E-state index contributed by atoms with van der Waals surface area (Å²) < 4.78 is 32.8. The van der Waals surface area contributed by atoms with E-state index in [1.807, 2.05) is 6.92 Å². The monoisotopic (exact) mass is 345 g/mol. The molecule has 1 N–H and O–H groups in total. The van der Waals surface area contributed by atoms with Crippen molar-refractivity contribution < 1.29 is 23.1 Å². The van der Waals surface area contributed by atoms with E-state index in [1.54, 1.807) is 13.8 Å². The van der Waals surface area contributed by atoms with Crippen molar-refractivity contribution in [2.24, 2.45) is 0 Å². The van der Waals surface area contributed by atoms with Crippen molar-refractivity contribution in [3.8, 4) is 0 Å². The minimum atomic E-state index is -0.862. The highest BCUT2D eigenvalue weighted by atomic mass is 32.2. The number of nitrogens with one attached hydrogen (secondary N) is 1. The highest BCUT2D eigenvalue weighted by Crippen LogP contribution is 2.33. The van der Waals surface area contributed by atoms with Crippen molar-refractivity contribution in [3.05, 3.63) is 23.8 Å². The zero-order valence-corrected chi connectivity index (χ0v) is 14.4. The van der Waals surface area contributed by atoms with Gasteiger partial charge in [-0.1, -0.05) is 13.3 Å². The fourth-order valence-electron chi connectivity index (χ4n) is 1.85. The van der Waals surface area contributed by atoms with Crippen LogP contribution in [0.15, 0.2) is 17.0 Å². The average Bonchev–Trinajstić information content (AvgIpc) is 2.42. The van der Waals surface area contributed by atoms with E-state index in [0.717, 1.165) is 11.8 Å². The van der Waals surface area contributed by atoms with E-state index in [0.29, 0.717) is 18.9 Å². The fourth-order valence-corrected chi connectivity index (χ4v) is 3.02. The number of halogens is 2. The van der Waals surface area contributed by atoms with Gasteiger partial charge in [-0.25, -0.2) is 8.78 Å². The summed E-state index contributed by atoms with van der Waals surface area (Å²) in [6.07, 6.45) is 0.949. The Morgan fingerprint density at radius 3 is 2.43 bits per heavy atom. The molecule has 0 spiro atoms. The Balaban J connectivity index is 3.02. The Morgan fingerprint density at radius 2 is 1.91 bits per heavy atom. The number of carbonyl (C=O) groups excluding carboxylic acids is 2. The smallest absolute Gasteiger partial charge is 0.319 e. The average molecular weight is 345 g/mol. The first-order valence-corrected chi connectivity index (χ1v) is 8.26. The molecule has 1 amide bonds. The van der Waals surface area contributed by atoms with Gasteiger partial charge in [-0.15, -0.1) is 11.8 Å². The summed E-state index contributed by atoms with van der Waals surface area (Å²) in [6.45, 7) is 6.60. The van der Waals surface area contributed by atoms with Crippen molar-refractivity contribution in [1.82, 2.24) is 0 Å². The first-order chi connectivity index (χ1) is 10.7. The van der Waals surface area contributed by atoms with Crippen molar-refractivity contribution in [3.63, 3.8) is 0 Å². The third kappa shape index (κ3) is 6.17. The van der Waals surface area contributed by atoms with E-state index < -0.39 is 28.8 Å². The third-order valence-corrected chi connectivity index (χ3v) is 4.05. The largest absolute Gasteiger partial charge is 0.462 e. The predicted molar refractivity (Wildman–Crippen MR) is 86.4 cm³/mol. The van der Waals surface area contributed by atoms with E-state index in [1.165, 1.54) is 13.0 Å². The summed E-state index contributed by atoms with van der Waals surface area (Å²) in [4.78, 5) is 23.2. The lowest BCUT2D eigenvalue weighted by Crippen LogP contribution is -2.23. The predicted octanol–water partition coefficient (Wildman–Crippen LogP) is 4.14. The van der Waals surface area contributed by atoms with Crippen LogP contribution in [0.3, 0.4) is 0 Å². The number of rotatable bonds is 7. The molecule has 1 atom stereocenters. The highest BCUT2D eigenvalue weighted by Gasteiger charge is 2.24. The fraction of sp³-hybridized carbons (Fsp3) is 0.500. The molecule has 0 bridgehead atoms. The number of thioether (sulfide) groups is 1. The number of ether oxygens (including phenoxy) is 1. The Hall–Kier alpha value is -1.63. The van der Waals surface area contributed by atoms with Crippen LogP contribution in [-0.2, 0) is 14.3 Å². The number of anilines is 1. The second-order valence-corrected chi connectivity index (χ2v) is 6.57. The summed E-state index contributed by atoms with van der Waals surface area (Å²) in [5, 5.41) is 1.71. The van der Waals surface area contributed by atoms with E-state index in [2.05, 4.69) is 5.32 Å². The summed E-state index contributed by atoms with van der Waals surface area (Å²) in [7, 11) is 0. The van der Waals surface area contributed by atoms with Gasteiger partial charge in [-0.2, -0.15) is 0 Å². The van der Waals surface area contributed by atoms with Crippen LogP contribution in [0.25, 0.3) is 0 Å². The molecule has 4 nitrogen and oxygen atoms in total. The van der Waals surface area contributed by atoms with Crippen molar-refractivity contribution in [1.29, 1.82) is 0 Å². The molecule has 1 unspecified atom stereocenters. The molecule has 0 aliphatic heterocycles. The molecule has 0 radical (unpaired) electrons. The van der Waals surface area contributed by atoms with Gasteiger partial charge in [-0.05, 0) is 26.3 Å². The minimum Gasteiger partial charge on any atom is -0.462 e.